The summed E-state index contributed by atoms with van der Waals surface area (Å²) in [7, 11) is 0. The highest BCUT2D eigenvalue weighted by Crippen LogP contribution is 2.26. The van der Waals surface area contributed by atoms with E-state index >= 15 is 0 Å². The lowest BCUT2D eigenvalue weighted by Crippen LogP contribution is -1.88. The van der Waals surface area contributed by atoms with Crippen LogP contribution in [0.25, 0.3) is 11.1 Å². The van der Waals surface area contributed by atoms with Crippen molar-refractivity contribution in [2.24, 2.45) is 0 Å². The van der Waals surface area contributed by atoms with Crippen LogP contribution in [0.4, 0.5) is 5.69 Å². The highest BCUT2D eigenvalue weighted by Gasteiger charge is 2.07. The first-order chi connectivity index (χ1) is 9.20. The summed E-state index contributed by atoms with van der Waals surface area (Å²) in [6.45, 7) is 1.98. The normalized spacial score (nSPS) is 11.0. The molecule has 0 bridgehead atoms. The maximum absolute atomic E-state index is 5.72. The number of benzene rings is 1. The molecule has 0 aliphatic rings. The van der Waals surface area contributed by atoms with Crippen molar-refractivity contribution in [3.8, 4) is 0 Å². The summed E-state index contributed by atoms with van der Waals surface area (Å²) in [6.07, 6.45) is 0. The third kappa shape index (κ3) is 2.71. The molecule has 0 unspecified atom stereocenters. The van der Waals surface area contributed by atoms with Crippen molar-refractivity contribution in [3.05, 3.63) is 47.8 Å². The van der Waals surface area contributed by atoms with Crippen molar-refractivity contribution in [1.82, 2.24) is 9.97 Å². The molecule has 0 saturated carbocycles. The number of anilines is 1. The molecule has 2 heterocycles. The molecule has 0 fully saturated rings. The van der Waals surface area contributed by atoms with Crippen LogP contribution >= 0.6 is 11.8 Å². The minimum Gasteiger partial charge on any atom is -0.431 e. The quantitative estimate of drug-likeness (QED) is 0.584. The molecule has 5 heteroatoms. The summed E-state index contributed by atoms with van der Waals surface area (Å²) in [4.78, 5) is 8.85. The average molecular weight is 271 g/mol. The number of oxazole rings is 1. The average Bonchev–Trinajstić information content (AvgIpc) is 2.78. The van der Waals surface area contributed by atoms with Gasteiger partial charge in [0.15, 0.2) is 5.58 Å². The molecule has 0 spiro atoms. The number of nitrogen functional groups attached to an aromatic ring is 1. The predicted molar refractivity (Wildman–Crippen MR) is 77.0 cm³/mol. The van der Waals surface area contributed by atoms with Gasteiger partial charge in [0.25, 0.3) is 5.22 Å². The van der Waals surface area contributed by atoms with Gasteiger partial charge < -0.3 is 10.2 Å². The summed E-state index contributed by atoms with van der Waals surface area (Å²) in [5.41, 5.74) is 10.00. The second-order valence-corrected chi connectivity index (χ2v) is 5.19. The molecule has 0 atom stereocenters. The SMILES string of the molecule is Cc1cccc(CSc2nc3cc(N)ccc3o2)n1. The number of hydrogen-bond acceptors (Lipinski definition) is 5. The van der Waals surface area contributed by atoms with Gasteiger partial charge in [-0.05, 0) is 37.3 Å². The molecule has 2 N–H and O–H groups in total. The second-order valence-electron chi connectivity index (χ2n) is 4.27. The Bertz CT molecular complexity index is 724. The van der Waals surface area contributed by atoms with Crippen molar-refractivity contribution in [1.29, 1.82) is 0 Å². The first-order valence-corrected chi connectivity index (χ1v) is 6.91. The predicted octanol–water partition coefficient (Wildman–Crippen LogP) is 3.41. The Morgan fingerprint density at radius 2 is 2.11 bits per heavy atom. The van der Waals surface area contributed by atoms with Gasteiger partial charge in [0.2, 0.25) is 0 Å². The zero-order valence-electron chi connectivity index (χ0n) is 10.5. The number of hydrogen-bond donors (Lipinski definition) is 1. The lowest BCUT2D eigenvalue weighted by atomic mass is 10.3. The Kier molecular flexibility index (Phi) is 3.13. The molecule has 0 saturated heterocycles. The largest absolute Gasteiger partial charge is 0.431 e. The lowest BCUT2D eigenvalue weighted by Gasteiger charge is -1.98. The van der Waals surface area contributed by atoms with E-state index in [0.29, 0.717) is 10.9 Å². The van der Waals surface area contributed by atoms with Gasteiger partial charge in [-0.25, -0.2) is 4.98 Å². The van der Waals surface area contributed by atoms with Crippen LogP contribution in [0.2, 0.25) is 0 Å². The van der Waals surface area contributed by atoms with Gasteiger partial charge in [0, 0.05) is 17.1 Å². The van der Waals surface area contributed by atoms with Gasteiger partial charge in [-0.2, -0.15) is 0 Å². The van der Waals surface area contributed by atoms with E-state index < -0.39 is 0 Å². The van der Waals surface area contributed by atoms with Crippen LogP contribution in [-0.4, -0.2) is 9.97 Å². The number of pyridine rings is 1. The molecule has 0 radical (unpaired) electrons. The van der Waals surface area contributed by atoms with Crippen molar-refractivity contribution in [2.75, 3.05) is 5.73 Å². The van der Waals surface area contributed by atoms with Gasteiger partial charge in [0.1, 0.15) is 5.52 Å². The van der Waals surface area contributed by atoms with E-state index in [1.54, 1.807) is 0 Å². The van der Waals surface area contributed by atoms with Crippen molar-refractivity contribution in [2.45, 2.75) is 17.9 Å². The fourth-order valence-corrected chi connectivity index (χ4v) is 2.54. The molecule has 0 amide bonds. The van der Waals surface area contributed by atoms with E-state index in [4.69, 9.17) is 10.2 Å². The van der Waals surface area contributed by atoms with Crippen molar-refractivity contribution < 1.29 is 4.42 Å². The number of aromatic nitrogens is 2. The molecule has 96 valence electrons. The molecule has 0 aliphatic carbocycles. The minimum absolute atomic E-state index is 0.643. The summed E-state index contributed by atoms with van der Waals surface area (Å²) in [5, 5.41) is 0.643. The van der Waals surface area contributed by atoms with E-state index in [0.717, 1.165) is 28.2 Å². The number of nitrogens with zero attached hydrogens (tertiary/aromatic N) is 2. The molecule has 19 heavy (non-hydrogen) atoms. The maximum atomic E-state index is 5.72. The fourth-order valence-electron chi connectivity index (χ4n) is 1.80. The monoisotopic (exact) mass is 271 g/mol. The third-order valence-electron chi connectivity index (χ3n) is 2.68. The first kappa shape index (κ1) is 12.0. The number of fused-ring (bicyclic) bond motifs is 1. The van der Waals surface area contributed by atoms with Gasteiger partial charge >= 0.3 is 0 Å². The highest BCUT2D eigenvalue weighted by molar-refractivity contribution is 7.98. The summed E-state index contributed by atoms with van der Waals surface area (Å²) in [5.74, 6) is 0.740. The summed E-state index contributed by atoms with van der Waals surface area (Å²) in [6, 6.07) is 11.5. The van der Waals surface area contributed by atoms with E-state index in [-0.39, 0.29) is 0 Å². The molecule has 2 aromatic heterocycles. The Morgan fingerprint density at radius 3 is 2.95 bits per heavy atom. The summed E-state index contributed by atoms with van der Waals surface area (Å²) >= 11 is 1.53. The molecular weight excluding hydrogens is 258 g/mol. The molecule has 4 nitrogen and oxygen atoms in total. The standard InChI is InChI=1S/C14H13N3OS/c1-9-3-2-4-11(16-9)8-19-14-17-12-7-10(15)5-6-13(12)18-14/h2-7H,8,15H2,1H3. The third-order valence-corrected chi connectivity index (χ3v) is 3.54. The van der Waals surface area contributed by atoms with Gasteiger partial charge in [-0.1, -0.05) is 17.8 Å². The summed E-state index contributed by atoms with van der Waals surface area (Å²) < 4.78 is 5.64. The lowest BCUT2D eigenvalue weighted by molar-refractivity contribution is 0.489. The molecular formula is C14H13N3OS. The number of rotatable bonds is 3. The van der Waals surface area contributed by atoms with Crippen LogP contribution < -0.4 is 5.73 Å². The molecule has 0 aliphatic heterocycles. The van der Waals surface area contributed by atoms with E-state index in [1.165, 1.54) is 11.8 Å². The smallest absolute Gasteiger partial charge is 0.257 e. The zero-order chi connectivity index (χ0) is 13.2. The van der Waals surface area contributed by atoms with Crippen LogP contribution in [-0.2, 0) is 5.75 Å². The Morgan fingerprint density at radius 1 is 1.21 bits per heavy atom. The maximum Gasteiger partial charge on any atom is 0.257 e. The van der Waals surface area contributed by atoms with Gasteiger partial charge in [0.05, 0.1) is 5.69 Å². The van der Waals surface area contributed by atoms with E-state index in [9.17, 15) is 0 Å². The highest BCUT2D eigenvalue weighted by atomic mass is 32.2. The van der Waals surface area contributed by atoms with Crippen LogP contribution in [0.5, 0.6) is 0 Å². The Hall–Kier alpha value is -2.01. The van der Waals surface area contributed by atoms with Crippen LogP contribution in [0.15, 0.2) is 46.0 Å². The van der Waals surface area contributed by atoms with Crippen LogP contribution in [0.1, 0.15) is 11.4 Å². The number of thioether (sulfide) groups is 1. The first-order valence-electron chi connectivity index (χ1n) is 5.92. The number of nitrogens with two attached hydrogens (primary N) is 1. The Labute approximate surface area is 115 Å². The fraction of sp³-hybridized carbons (Fsp3) is 0.143. The van der Waals surface area contributed by atoms with Crippen LogP contribution in [0.3, 0.4) is 0 Å². The van der Waals surface area contributed by atoms with Gasteiger partial charge in [-0.15, -0.1) is 0 Å². The minimum atomic E-state index is 0.643. The second kappa shape index (κ2) is 4.93. The molecule has 1 aromatic carbocycles. The molecule has 3 rings (SSSR count). The Balaban J connectivity index is 1.78. The van der Waals surface area contributed by atoms with Crippen molar-refractivity contribution in [3.63, 3.8) is 0 Å². The topological polar surface area (TPSA) is 64.9 Å². The van der Waals surface area contributed by atoms with Crippen molar-refractivity contribution >= 4 is 28.5 Å². The van der Waals surface area contributed by atoms with Gasteiger partial charge in [-0.3, -0.25) is 4.98 Å². The number of aryl methyl sites for hydroxylation is 1. The van der Waals surface area contributed by atoms with E-state index in [1.807, 2.05) is 43.3 Å². The van der Waals surface area contributed by atoms with Crippen LogP contribution in [0, 0.1) is 6.92 Å². The molecule has 3 aromatic rings. The zero-order valence-corrected chi connectivity index (χ0v) is 11.3. The van der Waals surface area contributed by atoms with E-state index in [2.05, 4.69) is 9.97 Å².